The van der Waals surface area contributed by atoms with Crippen molar-refractivity contribution in [3.63, 3.8) is 0 Å². The molecule has 0 fully saturated rings. The maximum atomic E-state index is 11.0. The molecule has 0 bridgehead atoms. The van der Waals surface area contributed by atoms with Crippen LogP contribution in [-0.4, -0.2) is 35.0 Å². The van der Waals surface area contributed by atoms with Crippen molar-refractivity contribution in [2.24, 2.45) is 5.73 Å². The van der Waals surface area contributed by atoms with Crippen molar-refractivity contribution in [2.45, 2.75) is 32.2 Å². The Labute approximate surface area is 94.2 Å². The third kappa shape index (κ3) is 8.82. The van der Waals surface area contributed by atoms with Crippen molar-refractivity contribution >= 4 is 13.8 Å². The lowest BCUT2D eigenvalue weighted by Gasteiger charge is -2.11. The van der Waals surface area contributed by atoms with Crippen LogP contribution in [0, 0.1) is 0 Å². The highest BCUT2D eigenvalue weighted by molar-refractivity contribution is 7.46. The summed E-state index contributed by atoms with van der Waals surface area (Å²) in [5.74, 6) is -1.16. The van der Waals surface area contributed by atoms with E-state index in [1.807, 2.05) is 6.92 Å². The van der Waals surface area contributed by atoms with Gasteiger partial charge in [0.05, 0.1) is 6.61 Å². The second kappa shape index (κ2) is 7.76. The molecule has 0 radical (unpaired) electrons. The zero-order valence-corrected chi connectivity index (χ0v) is 10.1. The molecule has 1 atom stereocenters. The standard InChI is InChI=1S/C8H18NO6P/c1-2-3-4-5-14-6-7(9)8(10)15-16(11,12)13/h7H,2-6,9H2,1H3,(H2,11,12,13). The van der Waals surface area contributed by atoms with Gasteiger partial charge in [-0.15, -0.1) is 0 Å². The number of carbonyl (C=O) groups is 1. The quantitative estimate of drug-likeness (QED) is 0.417. The molecule has 0 heterocycles. The minimum absolute atomic E-state index is 0.109. The van der Waals surface area contributed by atoms with Crippen LogP contribution in [0.1, 0.15) is 26.2 Å². The van der Waals surface area contributed by atoms with E-state index in [1.54, 1.807) is 0 Å². The average Bonchev–Trinajstić information content (AvgIpc) is 2.14. The number of hydrogen-bond acceptors (Lipinski definition) is 5. The van der Waals surface area contributed by atoms with Crippen LogP contribution in [0.3, 0.4) is 0 Å². The Kier molecular flexibility index (Phi) is 7.53. The zero-order chi connectivity index (χ0) is 12.6. The van der Waals surface area contributed by atoms with Crippen LogP contribution in [-0.2, 0) is 18.6 Å². The first kappa shape index (κ1) is 15.5. The van der Waals surface area contributed by atoms with Gasteiger partial charge in [-0.2, -0.15) is 0 Å². The summed E-state index contributed by atoms with van der Waals surface area (Å²) in [4.78, 5) is 27.7. The fraction of sp³-hybridized carbons (Fsp3) is 0.875. The zero-order valence-electron chi connectivity index (χ0n) is 9.16. The molecule has 7 nitrogen and oxygen atoms in total. The fourth-order valence-corrected chi connectivity index (χ4v) is 1.29. The lowest BCUT2D eigenvalue weighted by atomic mass is 10.3. The molecule has 0 amide bonds. The van der Waals surface area contributed by atoms with Crippen LogP contribution < -0.4 is 5.73 Å². The van der Waals surface area contributed by atoms with Gasteiger partial charge in [0.1, 0.15) is 6.04 Å². The van der Waals surface area contributed by atoms with Gasteiger partial charge in [-0.25, -0.2) is 9.36 Å². The minimum atomic E-state index is -4.81. The van der Waals surface area contributed by atoms with Crippen molar-refractivity contribution in [1.29, 1.82) is 0 Å². The van der Waals surface area contributed by atoms with E-state index in [0.29, 0.717) is 6.61 Å². The van der Waals surface area contributed by atoms with Crippen LogP contribution in [0.25, 0.3) is 0 Å². The van der Waals surface area contributed by atoms with E-state index < -0.39 is 19.8 Å². The highest BCUT2D eigenvalue weighted by atomic mass is 31.2. The van der Waals surface area contributed by atoms with E-state index >= 15 is 0 Å². The number of phosphoric ester groups is 1. The van der Waals surface area contributed by atoms with Crippen LogP contribution >= 0.6 is 7.82 Å². The Balaban J connectivity index is 3.68. The summed E-state index contributed by atoms with van der Waals surface area (Å²) in [6.07, 6.45) is 2.93. The molecular weight excluding hydrogens is 237 g/mol. The van der Waals surface area contributed by atoms with Crippen LogP contribution in [0.4, 0.5) is 0 Å². The first-order valence-corrected chi connectivity index (χ1v) is 6.52. The highest BCUT2D eigenvalue weighted by Crippen LogP contribution is 2.35. The van der Waals surface area contributed by atoms with Gasteiger partial charge in [-0.3, -0.25) is 9.79 Å². The summed E-state index contributed by atoms with van der Waals surface area (Å²) in [6.45, 7) is 2.40. The lowest BCUT2D eigenvalue weighted by Crippen LogP contribution is -2.36. The Morgan fingerprint density at radius 3 is 2.56 bits per heavy atom. The topological polar surface area (TPSA) is 119 Å². The van der Waals surface area contributed by atoms with E-state index in [-0.39, 0.29) is 6.61 Å². The third-order valence-electron chi connectivity index (χ3n) is 1.70. The van der Waals surface area contributed by atoms with Crippen molar-refractivity contribution in [3.8, 4) is 0 Å². The predicted octanol–water partition coefficient (Wildman–Crippen LogP) is 0.156. The number of nitrogens with two attached hydrogens (primary N) is 1. The smallest absolute Gasteiger partial charge is 0.379 e. The lowest BCUT2D eigenvalue weighted by molar-refractivity contribution is -0.138. The van der Waals surface area contributed by atoms with Gasteiger partial charge in [0, 0.05) is 6.61 Å². The molecule has 0 saturated heterocycles. The van der Waals surface area contributed by atoms with Gasteiger partial charge >= 0.3 is 13.8 Å². The second-order valence-electron chi connectivity index (χ2n) is 3.29. The SMILES string of the molecule is CCCCCOCC(N)C(=O)OP(=O)(O)O. The van der Waals surface area contributed by atoms with E-state index in [4.69, 9.17) is 20.3 Å². The van der Waals surface area contributed by atoms with E-state index in [2.05, 4.69) is 4.52 Å². The fourth-order valence-electron chi connectivity index (χ4n) is 0.917. The number of phosphoric acid groups is 1. The number of carbonyl (C=O) groups excluding carboxylic acids is 1. The Hall–Kier alpha value is -0.460. The van der Waals surface area contributed by atoms with E-state index in [9.17, 15) is 9.36 Å². The van der Waals surface area contributed by atoms with Crippen molar-refractivity contribution in [3.05, 3.63) is 0 Å². The molecule has 0 aromatic carbocycles. The summed E-state index contributed by atoms with van der Waals surface area (Å²) in [6, 6.07) is -1.17. The largest absolute Gasteiger partial charge is 0.527 e. The first-order chi connectivity index (χ1) is 7.37. The van der Waals surface area contributed by atoms with Crippen LogP contribution in [0.5, 0.6) is 0 Å². The molecule has 0 aliphatic carbocycles. The molecule has 0 aromatic heterocycles. The Morgan fingerprint density at radius 1 is 1.44 bits per heavy atom. The predicted molar refractivity (Wildman–Crippen MR) is 56.5 cm³/mol. The van der Waals surface area contributed by atoms with Gasteiger partial charge in [0.25, 0.3) is 0 Å². The molecule has 4 N–H and O–H groups in total. The summed E-state index contributed by atoms with van der Waals surface area (Å²) in [7, 11) is -4.81. The molecule has 0 rings (SSSR count). The maximum absolute atomic E-state index is 11.0. The molecule has 1 unspecified atom stereocenters. The Bertz CT molecular complexity index is 253. The second-order valence-corrected chi connectivity index (χ2v) is 4.45. The maximum Gasteiger partial charge on any atom is 0.527 e. The van der Waals surface area contributed by atoms with E-state index in [0.717, 1.165) is 19.3 Å². The molecular formula is C8H18NO6P. The normalized spacial score (nSPS) is 13.5. The number of unbranched alkanes of at least 4 members (excludes halogenated alkanes) is 2. The molecule has 0 aliphatic heterocycles. The summed E-state index contributed by atoms with van der Waals surface area (Å²) < 4.78 is 19.2. The van der Waals surface area contributed by atoms with Gasteiger partial charge < -0.3 is 15.0 Å². The molecule has 0 aliphatic rings. The molecule has 0 aromatic rings. The average molecular weight is 255 g/mol. The summed E-state index contributed by atoms with van der Waals surface area (Å²) >= 11 is 0. The van der Waals surface area contributed by atoms with Gasteiger partial charge in [0.15, 0.2) is 0 Å². The Morgan fingerprint density at radius 2 is 2.06 bits per heavy atom. The highest BCUT2D eigenvalue weighted by Gasteiger charge is 2.25. The summed E-state index contributed by atoms with van der Waals surface area (Å²) in [5, 5.41) is 0. The van der Waals surface area contributed by atoms with E-state index in [1.165, 1.54) is 0 Å². The minimum Gasteiger partial charge on any atom is -0.379 e. The van der Waals surface area contributed by atoms with Crippen molar-refractivity contribution < 1.29 is 28.4 Å². The molecule has 96 valence electrons. The van der Waals surface area contributed by atoms with Crippen LogP contribution in [0.15, 0.2) is 0 Å². The first-order valence-electron chi connectivity index (χ1n) is 4.99. The van der Waals surface area contributed by atoms with Crippen LogP contribution in [0.2, 0.25) is 0 Å². The summed E-state index contributed by atoms with van der Waals surface area (Å²) in [5.41, 5.74) is 5.30. The number of hydrogen-bond donors (Lipinski definition) is 3. The monoisotopic (exact) mass is 255 g/mol. The number of rotatable bonds is 8. The van der Waals surface area contributed by atoms with Gasteiger partial charge in [-0.05, 0) is 6.42 Å². The third-order valence-corrected chi connectivity index (χ3v) is 2.12. The molecule has 0 saturated carbocycles. The molecule has 0 spiro atoms. The van der Waals surface area contributed by atoms with Crippen molar-refractivity contribution in [1.82, 2.24) is 0 Å². The van der Waals surface area contributed by atoms with Gasteiger partial charge in [-0.1, -0.05) is 19.8 Å². The molecule has 8 heteroatoms. The van der Waals surface area contributed by atoms with Gasteiger partial charge in [0.2, 0.25) is 0 Å². The molecule has 16 heavy (non-hydrogen) atoms. The van der Waals surface area contributed by atoms with Crippen molar-refractivity contribution in [2.75, 3.05) is 13.2 Å². The number of ether oxygens (including phenoxy) is 1.